The van der Waals surface area contributed by atoms with Crippen LogP contribution >= 0.6 is 0 Å². The van der Waals surface area contributed by atoms with Gasteiger partial charge in [-0.3, -0.25) is 10.1 Å². The summed E-state index contributed by atoms with van der Waals surface area (Å²) in [7, 11) is 0. The van der Waals surface area contributed by atoms with E-state index in [4.69, 9.17) is 4.63 Å². The third-order valence-electron chi connectivity index (χ3n) is 3.15. The number of aryl methyl sites for hydroxylation is 1. The lowest BCUT2D eigenvalue weighted by Gasteiger charge is -2.07. The largest absolute Gasteiger partial charge is 0.269 e. The van der Waals surface area contributed by atoms with Gasteiger partial charge >= 0.3 is 0 Å². The van der Waals surface area contributed by atoms with Gasteiger partial charge in [0.25, 0.3) is 5.69 Å². The molecule has 1 heterocycles. The van der Waals surface area contributed by atoms with Crippen molar-refractivity contribution in [3.8, 4) is 0 Å². The van der Waals surface area contributed by atoms with Crippen LogP contribution in [0.1, 0.15) is 29.8 Å². The second-order valence-corrected chi connectivity index (χ2v) is 4.55. The number of nitro benzene ring substituents is 1. The van der Waals surface area contributed by atoms with Gasteiger partial charge in [0.1, 0.15) is 5.69 Å². The topological polar surface area (TPSA) is 107 Å². The van der Waals surface area contributed by atoms with Crippen molar-refractivity contribution in [1.82, 2.24) is 10.3 Å². The van der Waals surface area contributed by atoms with E-state index in [0.717, 1.165) is 36.2 Å². The smallest absolute Gasteiger partial charge is 0.258 e. The van der Waals surface area contributed by atoms with Crippen LogP contribution < -0.4 is 0 Å². The quantitative estimate of drug-likeness (QED) is 0.487. The molecule has 21 heavy (non-hydrogen) atoms. The normalized spacial score (nSPS) is 16.3. The summed E-state index contributed by atoms with van der Waals surface area (Å²) < 4.78 is 4.70. The van der Waals surface area contributed by atoms with Crippen molar-refractivity contribution in [3.05, 3.63) is 51.3 Å². The Kier molecular flexibility index (Phi) is 3.50. The summed E-state index contributed by atoms with van der Waals surface area (Å²) in [5, 5.41) is 26.3. The second-order valence-electron chi connectivity index (χ2n) is 4.55. The van der Waals surface area contributed by atoms with Crippen LogP contribution in [0.5, 0.6) is 0 Å². The maximum absolute atomic E-state index is 10.6. The summed E-state index contributed by atoms with van der Waals surface area (Å²) in [6.07, 6.45) is 4.09. The Morgan fingerprint density at radius 1 is 1.24 bits per heavy atom. The van der Waals surface area contributed by atoms with Gasteiger partial charge in [0.15, 0.2) is 5.69 Å². The molecule has 0 unspecified atom stereocenters. The summed E-state index contributed by atoms with van der Waals surface area (Å²) in [4.78, 5) is 10.1. The molecule has 2 aromatic rings. The lowest BCUT2D eigenvalue weighted by Crippen LogP contribution is -2.11. The number of non-ortho nitro benzene ring substituents is 1. The first kappa shape index (κ1) is 13.1. The van der Waals surface area contributed by atoms with E-state index in [1.54, 1.807) is 18.3 Å². The first-order valence-corrected chi connectivity index (χ1v) is 6.40. The van der Waals surface area contributed by atoms with Crippen molar-refractivity contribution in [3.63, 3.8) is 0 Å². The van der Waals surface area contributed by atoms with Crippen molar-refractivity contribution in [2.45, 2.75) is 19.3 Å². The van der Waals surface area contributed by atoms with Crippen molar-refractivity contribution >= 4 is 17.6 Å². The summed E-state index contributed by atoms with van der Waals surface area (Å²) in [6.45, 7) is 0. The molecule has 1 aliphatic rings. The Balaban J connectivity index is 1.76. The molecule has 0 radical (unpaired) electrons. The summed E-state index contributed by atoms with van der Waals surface area (Å²) in [5.41, 5.74) is 3.01. The molecule has 8 nitrogen and oxygen atoms in total. The first-order chi connectivity index (χ1) is 10.2. The molecular formula is C13H11N5O3. The molecule has 106 valence electrons. The van der Waals surface area contributed by atoms with Crippen LogP contribution in [0.3, 0.4) is 0 Å². The number of nitrogens with zero attached hydrogens (tertiary/aromatic N) is 5. The fraction of sp³-hybridized carbons (Fsp3) is 0.231. The highest BCUT2D eigenvalue weighted by Gasteiger charge is 2.20. The van der Waals surface area contributed by atoms with Gasteiger partial charge in [-0.05, 0) is 42.1 Å². The number of aromatic nitrogens is 2. The molecule has 0 spiro atoms. The predicted molar refractivity (Wildman–Crippen MR) is 74.5 cm³/mol. The molecule has 0 fully saturated rings. The van der Waals surface area contributed by atoms with Gasteiger partial charge in [-0.2, -0.15) is 10.2 Å². The molecule has 1 aromatic carbocycles. The molecule has 1 aliphatic carbocycles. The standard InChI is InChI=1S/C13H11N5O3/c19-18(20)10-6-4-9(5-7-10)8-14-15-11-2-1-3-12-13(11)17-21-16-12/h4-8H,1-3H2/b14-8+,15-11+. The zero-order valence-corrected chi connectivity index (χ0v) is 11.0. The summed E-state index contributed by atoms with van der Waals surface area (Å²) >= 11 is 0. The predicted octanol–water partition coefficient (Wildman–Crippen LogP) is 2.14. The SMILES string of the molecule is O=[N+]([O-])c1ccc(/C=N/N=C2\CCCc3nonc32)cc1. The minimum Gasteiger partial charge on any atom is -0.258 e. The van der Waals surface area contributed by atoms with E-state index in [0.29, 0.717) is 5.69 Å². The molecular weight excluding hydrogens is 274 g/mol. The van der Waals surface area contributed by atoms with Crippen molar-refractivity contribution in [2.24, 2.45) is 10.2 Å². The Hall–Kier alpha value is -2.90. The van der Waals surface area contributed by atoms with Crippen molar-refractivity contribution in [1.29, 1.82) is 0 Å². The van der Waals surface area contributed by atoms with E-state index in [-0.39, 0.29) is 5.69 Å². The van der Waals surface area contributed by atoms with Crippen LogP contribution in [0.25, 0.3) is 0 Å². The van der Waals surface area contributed by atoms with Crippen LogP contribution in [-0.4, -0.2) is 27.2 Å². The zero-order valence-electron chi connectivity index (χ0n) is 11.0. The molecule has 0 amide bonds. The highest BCUT2D eigenvalue weighted by Crippen LogP contribution is 2.18. The van der Waals surface area contributed by atoms with Gasteiger partial charge in [0.05, 0.1) is 16.8 Å². The molecule has 0 atom stereocenters. The van der Waals surface area contributed by atoms with Crippen LogP contribution in [0, 0.1) is 10.1 Å². The average molecular weight is 285 g/mol. The minimum absolute atomic E-state index is 0.0454. The summed E-state index contributed by atoms with van der Waals surface area (Å²) in [5.74, 6) is 0. The molecule has 0 bridgehead atoms. The number of nitro groups is 1. The maximum atomic E-state index is 10.6. The second kappa shape index (κ2) is 5.61. The van der Waals surface area contributed by atoms with E-state index in [9.17, 15) is 10.1 Å². The Bertz CT molecular complexity index is 718. The van der Waals surface area contributed by atoms with Crippen molar-refractivity contribution < 1.29 is 9.55 Å². The monoisotopic (exact) mass is 285 g/mol. The van der Waals surface area contributed by atoms with E-state index in [1.807, 2.05) is 0 Å². The van der Waals surface area contributed by atoms with Gasteiger partial charge in [0, 0.05) is 12.1 Å². The third-order valence-corrected chi connectivity index (χ3v) is 3.15. The highest BCUT2D eigenvalue weighted by molar-refractivity contribution is 6.00. The number of hydrogen-bond acceptors (Lipinski definition) is 7. The fourth-order valence-electron chi connectivity index (χ4n) is 2.08. The summed E-state index contributed by atoms with van der Waals surface area (Å²) in [6, 6.07) is 6.08. The lowest BCUT2D eigenvalue weighted by atomic mass is 9.99. The molecule has 3 rings (SSSR count). The first-order valence-electron chi connectivity index (χ1n) is 6.40. The molecule has 0 aliphatic heterocycles. The number of rotatable bonds is 3. The van der Waals surface area contributed by atoms with Gasteiger partial charge in [-0.25, -0.2) is 4.63 Å². The zero-order chi connectivity index (χ0) is 14.7. The van der Waals surface area contributed by atoms with Crippen LogP contribution in [-0.2, 0) is 6.42 Å². The van der Waals surface area contributed by atoms with Crippen LogP contribution in [0.2, 0.25) is 0 Å². The fourth-order valence-corrected chi connectivity index (χ4v) is 2.08. The number of benzene rings is 1. The lowest BCUT2D eigenvalue weighted by molar-refractivity contribution is -0.384. The van der Waals surface area contributed by atoms with Gasteiger partial charge < -0.3 is 0 Å². The molecule has 1 aromatic heterocycles. The molecule has 0 N–H and O–H groups in total. The maximum Gasteiger partial charge on any atom is 0.269 e. The van der Waals surface area contributed by atoms with Crippen molar-refractivity contribution in [2.75, 3.05) is 0 Å². The van der Waals surface area contributed by atoms with E-state index in [2.05, 4.69) is 20.5 Å². The van der Waals surface area contributed by atoms with Crippen LogP contribution in [0.15, 0.2) is 39.1 Å². The Labute approximate surface area is 119 Å². The van der Waals surface area contributed by atoms with Gasteiger partial charge in [-0.15, -0.1) is 0 Å². The highest BCUT2D eigenvalue weighted by atomic mass is 16.6. The van der Waals surface area contributed by atoms with E-state index in [1.165, 1.54) is 12.1 Å². The average Bonchev–Trinajstić information content (AvgIpc) is 2.97. The van der Waals surface area contributed by atoms with E-state index >= 15 is 0 Å². The number of hydrogen-bond donors (Lipinski definition) is 0. The third kappa shape index (κ3) is 2.83. The Morgan fingerprint density at radius 3 is 2.81 bits per heavy atom. The molecule has 0 saturated heterocycles. The Morgan fingerprint density at radius 2 is 2.05 bits per heavy atom. The number of fused-ring (bicyclic) bond motifs is 1. The molecule has 8 heteroatoms. The van der Waals surface area contributed by atoms with Gasteiger partial charge in [-0.1, -0.05) is 5.16 Å². The minimum atomic E-state index is -0.442. The van der Waals surface area contributed by atoms with Gasteiger partial charge in [0.2, 0.25) is 0 Å². The van der Waals surface area contributed by atoms with E-state index < -0.39 is 4.92 Å². The molecule has 0 saturated carbocycles. The van der Waals surface area contributed by atoms with Crippen LogP contribution in [0.4, 0.5) is 5.69 Å².